The van der Waals surface area contributed by atoms with Gasteiger partial charge >= 0.3 is 0 Å². The molecule has 1 amide bonds. The summed E-state index contributed by atoms with van der Waals surface area (Å²) in [7, 11) is 1.39. The molecule has 1 N–H and O–H groups in total. The highest BCUT2D eigenvalue weighted by Gasteiger charge is 2.17. The van der Waals surface area contributed by atoms with Gasteiger partial charge in [0.05, 0.1) is 18.1 Å². The van der Waals surface area contributed by atoms with E-state index >= 15 is 0 Å². The Morgan fingerprint density at radius 3 is 2.56 bits per heavy atom. The monoisotopic (exact) mass is 344 g/mol. The lowest BCUT2D eigenvalue weighted by Gasteiger charge is -2.09. The molecule has 0 aliphatic rings. The highest BCUT2D eigenvalue weighted by molar-refractivity contribution is 5.95. The first-order chi connectivity index (χ1) is 11.9. The van der Waals surface area contributed by atoms with E-state index in [1.807, 2.05) is 0 Å². The van der Waals surface area contributed by atoms with E-state index in [-0.39, 0.29) is 23.8 Å². The SMILES string of the molecule is COc1ccc(NC(=O)COc2cccc(C(C)=O)c2)c([N+](=O)[O-])c1. The Morgan fingerprint density at radius 1 is 1.16 bits per heavy atom. The molecule has 0 atom stereocenters. The topological polar surface area (TPSA) is 108 Å². The molecule has 0 aliphatic carbocycles. The first kappa shape index (κ1) is 17.9. The van der Waals surface area contributed by atoms with Crippen LogP contribution < -0.4 is 14.8 Å². The van der Waals surface area contributed by atoms with Crippen LogP contribution in [0.1, 0.15) is 17.3 Å². The van der Waals surface area contributed by atoms with Gasteiger partial charge in [0, 0.05) is 5.56 Å². The van der Waals surface area contributed by atoms with Gasteiger partial charge in [0.2, 0.25) is 0 Å². The van der Waals surface area contributed by atoms with Gasteiger partial charge in [0.1, 0.15) is 17.2 Å². The van der Waals surface area contributed by atoms with Crippen molar-refractivity contribution in [2.24, 2.45) is 0 Å². The number of carbonyl (C=O) groups excluding carboxylic acids is 2. The summed E-state index contributed by atoms with van der Waals surface area (Å²) in [6.45, 7) is 1.07. The third kappa shape index (κ3) is 4.77. The van der Waals surface area contributed by atoms with Gasteiger partial charge in [0.15, 0.2) is 12.4 Å². The van der Waals surface area contributed by atoms with Crippen molar-refractivity contribution in [1.29, 1.82) is 0 Å². The van der Waals surface area contributed by atoms with Crippen molar-refractivity contribution in [3.63, 3.8) is 0 Å². The molecule has 0 bridgehead atoms. The minimum Gasteiger partial charge on any atom is -0.496 e. The molecule has 0 saturated carbocycles. The fourth-order valence-electron chi connectivity index (χ4n) is 2.04. The normalized spacial score (nSPS) is 10.0. The van der Waals surface area contributed by atoms with E-state index in [1.54, 1.807) is 18.2 Å². The highest BCUT2D eigenvalue weighted by Crippen LogP contribution is 2.28. The van der Waals surface area contributed by atoms with Crippen molar-refractivity contribution in [1.82, 2.24) is 0 Å². The summed E-state index contributed by atoms with van der Waals surface area (Å²) in [5, 5.41) is 13.5. The maximum atomic E-state index is 12.0. The van der Waals surface area contributed by atoms with E-state index in [0.29, 0.717) is 17.1 Å². The largest absolute Gasteiger partial charge is 0.496 e. The van der Waals surface area contributed by atoms with Crippen LogP contribution in [0.4, 0.5) is 11.4 Å². The fraction of sp³-hybridized carbons (Fsp3) is 0.176. The van der Waals surface area contributed by atoms with Gasteiger partial charge in [0.25, 0.3) is 11.6 Å². The molecule has 130 valence electrons. The molecule has 0 radical (unpaired) electrons. The zero-order chi connectivity index (χ0) is 18.4. The van der Waals surface area contributed by atoms with Crippen molar-refractivity contribution >= 4 is 23.1 Å². The number of nitrogens with zero attached hydrogens (tertiary/aromatic N) is 1. The zero-order valence-electron chi connectivity index (χ0n) is 13.6. The van der Waals surface area contributed by atoms with Crippen molar-refractivity contribution in [3.05, 3.63) is 58.1 Å². The van der Waals surface area contributed by atoms with Gasteiger partial charge < -0.3 is 14.8 Å². The Balaban J connectivity index is 2.04. The summed E-state index contributed by atoms with van der Waals surface area (Å²) < 4.78 is 10.2. The van der Waals surface area contributed by atoms with Crippen LogP contribution in [0.5, 0.6) is 11.5 Å². The van der Waals surface area contributed by atoms with Crippen LogP contribution in [0.2, 0.25) is 0 Å². The second kappa shape index (κ2) is 7.91. The molecule has 2 aromatic carbocycles. The molecule has 0 aromatic heterocycles. The molecule has 0 unspecified atom stereocenters. The first-order valence-electron chi connectivity index (χ1n) is 7.27. The van der Waals surface area contributed by atoms with Crippen molar-refractivity contribution in [3.8, 4) is 11.5 Å². The minimum absolute atomic E-state index is 0.0388. The van der Waals surface area contributed by atoms with Crippen LogP contribution in [0.15, 0.2) is 42.5 Å². The van der Waals surface area contributed by atoms with E-state index in [2.05, 4.69) is 5.32 Å². The number of nitro groups is 1. The average molecular weight is 344 g/mol. The molecular weight excluding hydrogens is 328 g/mol. The molecule has 0 spiro atoms. The van der Waals surface area contributed by atoms with Gasteiger partial charge in [-0.25, -0.2) is 0 Å². The molecule has 25 heavy (non-hydrogen) atoms. The number of hydrogen-bond donors (Lipinski definition) is 1. The summed E-state index contributed by atoms with van der Waals surface area (Å²) in [6.07, 6.45) is 0. The lowest BCUT2D eigenvalue weighted by molar-refractivity contribution is -0.384. The summed E-state index contributed by atoms with van der Waals surface area (Å²) >= 11 is 0. The van der Waals surface area contributed by atoms with Gasteiger partial charge in [-0.05, 0) is 31.2 Å². The number of rotatable bonds is 7. The highest BCUT2D eigenvalue weighted by atomic mass is 16.6. The number of nitrogens with one attached hydrogen (secondary N) is 1. The predicted octanol–water partition coefficient (Wildman–Crippen LogP) is 2.82. The predicted molar refractivity (Wildman–Crippen MR) is 90.2 cm³/mol. The van der Waals surface area contributed by atoms with Gasteiger partial charge in [-0.2, -0.15) is 0 Å². The third-order valence-electron chi connectivity index (χ3n) is 3.29. The first-order valence-corrected chi connectivity index (χ1v) is 7.27. The lowest BCUT2D eigenvalue weighted by atomic mass is 10.1. The molecule has 8 heteroatoms. The Bertz CT molecular complexity index is 819. The van der Waals surface area contributed by atoms with Crippen LogP contribution in [0, 0.1) is 10.1 Å². The van der Waals surface area contributed by atoms with Gasteiger partial charge in [-0.15, -0.1) is 0 Å². The number of ether oxygens (including phenoxy) is 2. The summed E-state index contributed by atoms with van der Waals surface area (Å²) in [4.78, 5) is 33.8. The molecule has 8 nitrogen and oxygen atoms in total. The molecule has 2 aromatic rings. The van der Waals surface area contributed by atoms with Gasteiger partial charge in [-0.3, -0.25) is 19.7 Å². The Kier molecular flexibility index (Phi) is 5.67. The quantitative estimate of drug-likeness (QED) is 0.470. The lowest BCUT2D eigenvalue weighted by Crippen LogP contribution is -2.20. The molecule has 2 rings (SSSR count). The Hall–Kier alpha value is -3.42. The maximum absolute atomic E-state index is 12.0. The molecule has 0 saturated heterocycles. The number of Topliss-reactive ketones (excluding diaryl/α,β-unsaturated/α-hetero) is 1. The van der Waals surface area contributed by atoms with Crippen LogP contribution in [0.3, 0.4) is 0 Å². The number of carbonyl (C=O) groups is 2. The number of anilines is 1. The second-order valence-electron chi connectivity index (χ2n) is 5.06. The number of amides is 1. The number of hydrogen-bond acceptors (Lipinski definition) is 6. The molecule has 0 aliphatic heterocycles. The summed E-state index contributed by atoms with van der Waals surface area (Å²) in [5.74, 6) is -0.0284. The fourth-order valence-corrected chi connectivity index (χ4v) is 2.04. The summed E-state index contributed by atoms with van der Waals surface area (Å²) in [5.41, 5.74) is 0.215. The third-order valence-corrected chi connectivity index (χ3v) is 3.29. The second-order valence-corrected chi connectivity index (χ2v) is 5.06. The van der Waals surface area contributed by atoms with Crippen molar-refractivity contribution < 1.29 is 24.0 Å². The average Bonchev–Trinajstić information content (AvgIpc) is 2.60. The number of ketones is 1. The molecule has 0 heterocycles. The van der Waals surface area contributed by atoms with E-state index in [9.17, 15) is 19.7 Å². The maximum Gasteiger partial charge on any atom is 0.296 e. The van der Waals surface area contributed by atoms with E-state index in [0.717, 1.165) is 0 Å². The van der Waals surface area contributed by atoms with Crippen molar-refractivity contribution in [2.45, 2.75) is 6.92 Å². The number of methoxy groups -OCH3 is 1. The van der Waals surface area contributed by atoms with Crippen LogP contribution in [-0.4, -0.2) is 30.3 Å². The van der Waals surface area contributed by atoms with Crippen LogP contribution in [-0.2, 0) is 4.79 Å². The zero-order valence-corrected chi connectivity index (χ0v) is 13.6. The Labute approximate surface area is 143 Å². The number of benzene rings is 2. The standard InChI is InChI=1S/C17H16N2O6/c1-11(20)12-4-3-5-14(8-12)25-10-17(21)18-15-7-6-13(24-2)9-16(15)19(22)23/h3-9H,10H2,1-2H3,(H,18,21). The van der Waals surface area contributed by atoms with Gasteiger partial charge in [-0.1, -0.05) is 12.1 Å². The van der Waals surface area contributed by atoms with Crippen molar-refractivity contribution in [2.75, 3.05) is 19.0 Å². The minimum atomic E-state index is -0.616. The van der Waals surface area contributed by atoms with E-state index in [4.69, 9.17) is 9.47 Å². The van der Waals surface area contributed by atoms with E-state index in [1.165, 1.54) is 38.3 Å². The smallest absolute Gasteiger partial charge is 0.296 e. The van der Waals surface area contributed by atoms with Crippen LogP contribution >= 0.6 is 0 Å². The van der Waals surface area contributed by atoms with E-state index < -0.39 is 10.8 Å². The molecular formula is C17H16N2O6. The number of nitro benzene ring substituents is 1. The Morgan fingerprint density at radius 2 is 1.92 bits per heavy atom. The molecule has 0 fully saturated rings. The summed E-state index contributed by atoms with van der Waals surface area (Å²) in [6, 6.07) is 10.5. The van der Waals surface area contributed by atoms with Crippen LogP contribution in [0.25, 0.3) is 0 Å².